The molecule has 1 amide bonds. The highest BCUT2D eigenvalue weighted by molar-refractivity contribution is 8.00. The minimum Gasteiger partial charge on any atom is -0.398 e. The maximum absolute atomic E-state index is 11.5. The summed E-state index contributed by atoms with van der Waals surface area (Å²) in [5.41, 5.74) is 7.22. The van der Waals surface area contributed by atoms with Gasteiger partial charge in [-0.15, -0.1) is 11.8 Å². The first-order valence-corrected chi connectivity index (χ1v) is 5.94. The van der Waals surface area contributed by atoms with E-state index in [0.29, 0.717) is 16.5 Å². The highest BCUT2D eigenvalue weighted by Crippen LogP contribution is 2.32. The number of hydrogen-bond donors (Lipinski definition) is 2. The van der Waals surface area contributed by atoms with Gasteiger partial charge in [0.05, 0.1) is 18.5 Å². The van der Waals surface area contributed by atoms with E-state index in [1.54, 1.807) is 30.9 Å². The van der Waals surface area contributed by atoms with Gasteiger partial charge >= 0.3 is 0 Å². The van der Waals surface area contributed by atoms with Crippen molar-refractivity contribution >= 4 is 23.4 Å². The molecule has 1 aromatic carbocycles. The Hall–Kier alpha value is -1.20. The monoisotopic (exact) mass is 238 g/mol. The standard InChI is InChI=1S/C11H14N2O2S/c1-13-11(14)7-2-3-9(12)10(4-7)16-8-5-15-6-8/h2-4,8H,5-6,12H2,1H3,(H,13,14). The minimum atomic E-state index is -0.0910. The first-order chi connectivity index (χ1) is 7.70. The number of rotatable bonds is 3. The fraction of sp³-hybridized carbons (Fsp3) is 0.364. The number of nitrogen functional groups attached to an aromatic ring is 1. The van der Waals surface area contributed by atoms with Crippen LogP contribution in [0.1, 0.15) is 10.4 Å². The van der Waals surface area contributed by atoms with Crippen molar-refractivity contribution < 1.29 is 9.53 Å². The van der Waals surface area contributed by atoms with Crippen LogP contribution in [0.25, 0.3) is 0 Å². The topological polar surface area (TPSA) is 64.4 Å². The lowest BCUT2D eigenvalue weighted by Crippen LogP contribution is -2.30. The van der Waals surface area contributed by atoms with E-state index in [2.05, 4.69) is 5.32 Å². The lowest BCUT2D eigenvalue weighted by molar-refractivity contribution is 0.0455. The number of nitrogens with one attached hydrogen (secondary N) is 1. The van der Waals surface area contributed by atoms with Crippen LogP contribution in [0.5, 0.6) is 0 Å². The second-order valence-corrected chi connectivity index (χ2v) is 4.95. The molecule has 1 aliphatic heterocycles. The molecule has 0 bridgehead atoms. The van der Waals surface area contributed by atoms with Crippen molar-refractivity contribution in [2.75, 3.05) is 26.0 Å². The van der Waals surface area contributed by atoms with Crippen molar-refractivity contribution in [2.45, 2.75) is 10.1 Å². The summed E-state index contributed by atoms with van der Waals surface area (Å²) < 4.78 is 5.10. The van der Waals surface area contributed by atoms with Crippen molar-refractivity contribution in [1.29, 1.82) is 0 Å². The number of hydrogen-bond acceptors (Lipinski definition) is 4. The maximum atomic E-state index is 11.5. The molecule has 5 heteroatoms. The quantitative estimate of drug-likeness (QED) is 0.775. The Morgan fingerprint density at radius 1 is 1.56 bits per heavy atom. The molecule has 16 heavy (non-hydrogen) atoms. The number of nitrogens with two attached hydrogens (primary N) is 1. The third-order valence-electron chi connectivity index (χ3n) is 2.40. The number of thioether (sulfide) groups is 1. The van der Waals surface area contributed by atoms with Crippen molar-refractivity contribution in [3.63, 3.8) is 0 Å². The van der Waals surface area contributed by atoms with Crippen LogP contribution in [-0.4, -0.2) is 31.4 Å². The molecule has 3 N–H and O–H groups in total. The number of ether oxygens (including phenoxy) is 1. The van der Waals surface area contributed by atoms with Crippen LogP contribution < -0.4 is 11.1 Å². The summed E-state index contributed by atoms with van der Waals surface area (Å²) in [6, 6.07) is 5.33. The molecule has 0 aromatic heterocycles. The normalized spacial score (nSPS) is 15.6. The molecule has 86 valence electrons. The zero-order valence-corrected chi connectivity index (χ0v) is 9.84. The number of carbonyl (C=O) groups is 1. The average molecular weight is 238 g/mol. The highest BCUT2D eigenvalue weighted by atomic mass is 32.2. The molecule has 1 aliphatic rings. The van der Waals surface area contributed by atoms with Gasteiger partial charge in [0.1, 0.15) is 0 Å². The van der Waals surface area contributed by atoms with E-state index < -0.39 is 0 Å². The summed E-state index contributed by atoms with van der Waals surface area (Å²) in [5, 5.41) is 3.06. The SMILES string of the molecule is CNC(=O)c1ccc(N)c(SC2COC2)c1. The third-order valence-corrected chi connectivity index (χ3v) is 3.62. The molecule has 1 heterocycles. The maximum Gasteiger partial charge on any atom is 0.251 e. The highest BCUT2D eigenvalue weighted by Gasteiger charge is 2.21. The molecule has 0 aliphatic carbocycles. The number of amides is 1. The molecule has 2 rings (SSSR count). The fourth-order valence-corrected chi connectivity index (χ4v) is 2.47. The predicted octanol–water partition coefficient (Wildman–Crippen LogP) is 1.12. The van der Waals surface area contributed by atoms with E-state index in [1.165, 1.54) is 0 Å². The minimum absolute atomic E-state index is 0.0910. The van der Waals surface area contributed by atoms with Gasteiger partial charge < -0.3 is 15.8 Å². The Bertz CT molecular complexity index is 405. The zero-order valence-electron chi connectivity index (χ0n) is 9.03. The fourth-order valence-electron chi connectivity index (χ4n) is 1.38. The molecule has 1 saturated heterocycles. The first-order valence-electron chi connectivity index (χ1n) is 5.06. The van der Waals surface area contributed by atoms with Crippen LogP contribution in [0.2, 0.25) is 0 Å². The molecule has 0 spiro atoms. The van der Waals surface area contributed by atoms with Gasteiger partial charge in [0, 0.05) is 23.2 Å². The van der Waals surface area contributed by atoms with Crippen molar-refractivity contribution in [2.24, 2.45) is 0 Å². The van der Waals surface area contributed by atoms with E-state index in [4.69, 9.17) is 10.5 Å². The third kappa shape index (κ3) is 2.31. The molecule has 1 fully saturated rings. The summed E-state index contributed by atoms with van der Waals surface area (Å²) in [6.45, 7) is 1.52. The lowest BCUT2D eigenvalue weighted by atomic mass is 10.2. The van der Waals surface area contributed by atoms with Crippen LogP contribution >= 0.6 is 11.8 Å². The van der Waals surface area contributed by atoms with E-state index in [-0.39, 0.29) is 5.91 Å². The van der Waals surface area contributed by atoms with Crippen molar-refractivity contribution in [3.05, 3.63) is 23.8 Å². The molecular formula is C11H14N2O2S. The van der Waals surface area contributed by atoms with Gasteiger partial charge in [0.15, 0.2) is 0 Å². The number of anilines is 1. The van der Waals surface area contributed by atoms with Crippen molar-refractivity contribution in [1.82, 2.24) is 5.32 Å². The molecular weight excluding hydrogens is 224 g/mol. The zero-order chi connectivity index (χ0) is 11.5. The number of carbonyl (C=O) groups excluding carboxylic acids is 1. The summed E-state index contributed by atoms with van der Waals surface area (Å²) in [6.07, 6.45) is 0. The lowest BCUT2D eigenvalue weighted by Gasteiger charge is -2.25. The van der Waals surface area contributed by atoms with E-state index in [9.17, 15) is 4.79 Å². The summed E-state index contributed by atoms with van der Waals surface area (Å²) >= 11 is 1.67. The predicted molar refractivity (Wildman–Crippen MR) is 64.7 cm³/mol. The molecule has 1 aromatic rings. The van der Waals surface area contributed by atoms with Gasteiger partial charge in [-0.2, -0.15) is 0 Å². The van der Waals surface area contributed by atoms with Gasteiger partial charge in [-0.3, -0.25) is 4.79 Å². The molecule has 0 saturated carbocycles. The van der Waals surface area contributed by atoms with Crippen LogP contribution in [0, 0.1) is 0 Å². The van der Waals surface area contributed by atoms with Gasteiger partial charge in [0.2, 0.25) is 0 Å². The Labute approximate surface area is 98.5 Å². The van der Waals surface area contributed by atoms with E-state index in [0.717, 1.165) is 18.1 Å². The van der Waals surface area contributed by atoms with Crippen LogP contribution in [0.15, 0.2) is 23.1 Å². The van der Waals surface area contributed by atoms with Crippen LogP contribution in [0.3, 0.4) is 0 Å². The molecule has 0 atom stereocenters. The van der Waals surface area contributed by atoms with Gasteiger partial charge in [-0.25, -0.2) is 0 Å². The van der Waals surface area contributed by atoms with Gasteiger partial charge in [-0.05, 0) is 18.2 Å². The molecule has 4 nitrogen and oxygen atoms in total. The van der Waals surface area contributed by atoms with Crippen molar-refractivity contribution in [3.8, 4) is 0 Å². The first kappa shape index (κ1) is 11.3. The van der Waals surface area contributed by atoms with E-state index >= 15 is 0 Å². The van der Waals surface area contributed by atoms with E-state index in [1.807, 2.05) is 6.07 Å². The van der Waals surface area contributed by atoms with Gasteiger partial charge in [-0.1, -0.05) is 0 Å². The summed E-state index contributed by atoms with van der Waals surface area (Å²) in [5.74, 6) is -0.0910. The second-order valence-electron chi connectivity index (χ2n) is 3.61. The Morgan fingerprint density at radius 3 is 2.88 bits per heavy atom. The smallest absolute Gasteiger partial charge is 0.251 e. The Morgan fingerprint density at radius 2 is 2.31 bits per heavy atom. The average Bonchev–Trinajstić information content (AvgIpc) is 2.24. The second kappa shape index (κ2) is 4.76. The summed E-state index contributed by atoms with van der Waals surface area (Å²) in [4.78, 5) is 12.4. The Balaban J connectivity index is 2.17. The molecule has 0 radical (unpaired) electrons. The summed E-state index contributed by atoms with van der Waals surface area (Å²) in [7, 11) is 1.62. The molecule has 0 unspecified atom stereocenters. The number of benzene rings is 1. The van der Waals surface area contributed by atoms with Gasteiger partial charge in [0.25, 0.3) is 5.91 Å². The largest absolute Gasteiger partial charge is 0.398 e. The Kier molecular flexibility index (Phi) is 3.36. The van der Waals surface area contributed by atoms with Crippen LogP contribution in [-0.2, 0) is 4.74 Å². The van der Waals surface area contributed by atoms with Crippen LogP contribution in [0.4, 0.5) is 5.69 Å².